The SMILES string of the molecule is CC(C)(O)[C@H](F)CNC(=O)c1cnc(Cl)cc1NC12CCC(N)(CC1)CC2. The van der Waals surface area contributed by atoms with Crippen molar-refractivity contribution in [3.8, 4) is 0 Å². The number of carbonyl (C=O) groups is 1. The molecule has 0 aliphatic heterocycles. The van der Waals surface area contributed by atoms with Crippen LogP contribution in [0.25, 0.3) is 0 Å². The summed E-state index contributed by atoms with van der Waals surface area (Å²) >= 11 is 6.05. The first-order valence-electron chi connectivity index (χ1n) is 9.39. The first-order chi connectivity index (χ1) is 12.5. The minimum Gasteiger partial charge on any atom is -0.387 e. The molecule has 3 fully saturated rings. The van der Waals surface area contributed by atoms with Gasteiger partial charge in [0.1, 0.15) is 11.3 Å². The third kappa shape index (κ3) is 4.52. The second-order valence-corrected chi connectivity index (χ2v) is 9.04. The van der Waals surface area contributed by atoms with Gasteiger partial charge in [0.05, 0.1) is 23.4 Å². The number of amides is 1. The van der Waals surface area contributed by atoms with Gasteiger partial charge in [-0.15, -0.1) is 0 Å². The van der Waals surface area contributed by atoms with Crippen LogP contribution in [0.5, 0.6) is 0 Å². The van der Waals surface area contributed by atoms with Gasteiger partial charge in [-0.3, -0.25) is 4.79 Å². The van der Waals surface area contributed by atoms with Gasteiger partial charge in [-0.1, -0.05) is 11.6 Å². The molecule has 1 atom stereocenters. The molecule has 0 radical (unpaired) electrons. The lowest BCUT2D eigenvalue weighted by molar-refractivity contribution is -0.00177. The summed E-state index contributed by atoms with van der Waals surface area (Å²) in [7, 11) is 0. The lowest BCUT2D eigenvalue weighted by atomic mass is 9.62. The van der Waals surface area contributed by atoms with Crippen LogP contribution in [0.4, 0.5) is 10.1 Å². The number of nitrogens with two attached hydrogens (primary N) is 1. The summed E-state index contributed by atoms with van der Waals surface area (Å²) in [6.45, 7) is 2.44. The van der Waals surface area contributed by atoms with Crippen molar-refractivity contribution in [1.82, 2.24) is 10.3 Å². The van der Waals surface area contributed by atoms with Crippen LogP contribution in [-0.4, -0.2) is 45.4 Å². The Kier molecular flexibility index (Phi) is 5.40. The molecule has 3 saturated carbocycles. The van der Waals surface area contributed by atoms with E-state index < -0.39 is 17.7 Å². The molecule has 150 valence electrons. The zero-order chi connectivity index (χ0) is 19.9. The summed E-state index contributed by atoms with van der Waals surface area (Å²) in [5.74, 6) is -0.454. The first-order valence-corrected chi connectivity index (χ1v) is 9.77. The summed E-state index contributed by atoms with van der Waals surface area (Å²) < 4.78 is 14.0. The molecule has 0 unspecified atom stereocenters. The number of aromatic nitrogens is 1. The minimum absolute atomic E-state index is 0.0488. The van der Waals surface area contributed by atoms with Crippen molar-refractivity contribution in [2.75, 3.05) is 11.9 Å². The van der Waals surface area contributed by atoms with Gasteiger partial charge >= 0.3 is 0 Å². The second kappa shape index (κ2) is 7.18. The van der Waals surface area contributed by atoms with E-state index in [4.69, 9.17) is 17.3 Å². The predicted octanol–water partition coefficient (Wildman–Crippen LogP) is 2.79. The molecule has 3 aliphatic carbocycles. The van der Waals surface area contributed by atoms with Gasteiger partial charge in [-0.05, 0) is 58.4 Å². The van der Waals surface area contributed by atoms with Crippen molar-refractivity contribution in [2.24, 2.45) is 5.73 Å². The second-order valence-electron chi connectivity index (χ2n) is 8.65. The Morgan fingerprint density at radius 3 is 2.52 bits per heavy atom. The number of anilines is 1. The quantitative estimate of drug-likeness (QED) is 0.552. The van der Waals surface area contributed by atoms with E-state index in [1.165, 1.54) is 20.0 Å². The molecule has 3 aliphatic rings. The van der Waals surface area contributed by atoms with Crippen molar-refractivity contribution in [2.45, 2.75) is 75.2 Å². The van der Waals surface area contributed by atoms with E-state index in [1.54, 1.807) is 6.07 Å². The van der Waals surface area contributed by atoms with Crippen LogP contribution >= 0.6 is 11.6 Å². The van der Waals surface area contributed by atoms with Gasteiger partial charge < -0.3 is 21.5 Å². The van der Waals surface area contributed by atoms with Crippen molar-refractivity contribution in [1.29, 1.82) is 0 Å². The number of pyridine rings is 1. The average molecular weight is 399 g/mol. The zero-order valence-electron chi connectivity index (χ0n) is 15.8. The van der Waals surface area contributed by atoms with E-state index in [9.17, 15) is 14.3 Å². The van der Waals surface area contributed by atoms with E-state index in [-0.39, 0.29) is 22.8 Å². The van der Waals surface area contributed by atoms with Gasteiger partial charge in [-0.2, -0.15) is 0 Å². The van der Waals surface area contributed by atoms with E-state index in [1.807, 2.05) is 0 Å². The summed E-state index contributed by atoms with van der Waals surface area (Å²) in [4.78, 5) is 16.6. The van der Waals surface area contributed by atoms with Crippen LogP contribution in [-0.2, 0) is 0 Å². The molecule has 2 bridgehead atoms. The standard InChI is InChI=1S/C19H28ClFN4O2/c1-17(2,27)14(21)11-24-16(26)12-10-23-15(20)9-13(12)25-19-6-3-18(22,4-7-19)5-8-19/h9-10,14,27H,3-8,11,22H2,1-2H3,(H,23,25)(H,24,26)/t14-,18?,19?/m1/s1. The number of nitrogens with zero attached hydrogens (tertiary/aromatic N) is 1. The summed E-state index contributed by atoms with van der Waals surface area (Å²) in [6, 6.07) is 1.63. The number of halogens is 2. The number of hydrogen-bond donors (Lipinski definition) is 4. The van der Waals surface area contributed by atoms with E-state index in [0.29, 0.717) is 11.3 Å². The number of carbonyl (C=O) groups excluding carboxylic acids is 1. The monoisotopic (exact) mass is 398 g/mol. The third-order valence-corrected chi connectivity index (χ3v) is 6.23. The number of alkyl halides is 1. The Labute approximate surface area is 164 Å². The van der Waals surface area contributed by atoms with Gasteiger partial charge in [0.2, 0.25) is 0 Å². The highest BCUT2D eigenvalue weighted by Gasteiger charge is 2.46. The van der Waals surface area contributed by atoms with Crippen molar-refractivity contribution < 1.29 is 14.3 Å². The van der Waals surface area contributed by atoms with Gasteiger partial charge in [0.25, 0.3) is 5.91 Å². The van der Waals surface area contributed by atoms with Gasteiger partial charge in [0.15, 0.2) is 0 Å². The maximum Gasteiger partial charge on any atom is 0.255 e. The molecule has 8 heteroatoms. The molecule has 1 amide bonds. The molecule has 0 spiro atoms. The molecule has 4 rings (SSSR count). The van der Waals surface area contributed by atoms with E-state index >= 15 is 0 Å². The predicted molar refractivity (Wildman–Crippen MR) is 104 cm³/mol. The largest absolute Gasteiger partial charge is 0.387 e. The Bertz CT molecular complexity index is 698. The molecule has 1 aromatic rings. The Hall–Kier alpha value is -1.44. The fourth-order valence-corrected chi connectivity index (χ4v) is 4.09. The Morgan fingerprint density at radius 1 is 1.37 bits per heavy atom. The first kappa shape index (κ1) is 20.3. The lowest BCUT2D eigenvalue weighted by Gasteiger charge is -2.52. The van der Waals surface area contributed by atoms with Crippen molar-refractivity contribution in [3.63, 3.8) is 0 Å². The fourth-order valence-electron chi connectivity index (χ4n) is 3.93. The van der Waals surface area contributed by atoms with Crippen LogP contribution in [0.1, 0.15) is 62.7 Å². The Balaban J connectivity index is 1.75. The van der Waals surface area contributed by atoms with E-state index in [2.05, 4.69) is 15.6 Å². The minimum atomic E-state index is -1.58. The van der Waals surface area contributed by atoms with Crippen LogP contribution in [0.3, 0.4) is 0 Å². The van der Waals surface area contributed by atoms with Crippen LogP contribution in [0, 0.1) is 0 Å². The van der Waals surface area contributed by atoms with Crippen LogP contribution in [0.15, 0.2) is 12.3 Å². The van der Waals surface area contributed by atoms with Crippen molar-refractivity contribution in [3.05, 3.63) is 23.0 Å². The smallest absolute Gasteiger partial charge is 0.255 e. The molecule has 0 saturated heterocycles. The average Bonchev–Trinajstić information content (AvgIpc) is 2.60. The lowest BCUT2D eigenvalue weighted by Crippen LogP contribution is -2.57. The molecule has 1 aromatic heterocycles. The maximum absolute atomic E-state index is 14.0. The molecular formula is C19H28ClFN4O2. The topological polar surface area (TPSA) is 100 Å². The normalized spacial score (nSPS) is 28.7. The summed E-state index contributed by atoms with van der Waals surface area (Å²) in [5, 5.41) is 16.0. The van der Waals surface area contributed by atoms with Crippen molar-refractivity contribution >= 4 is 23.2 Å². The molecule has 5 N–H and O–H groups in total. The van der Waals surface area contributed by atoms with Gasteiger partial charge in [-0.25, -0.2) is 9.37 Å². The number of rotatable bonds is 6. The Morgan fingerprint density at radius 2 is 1.96 bits per heavy atom. The number of fused-ring (bicyclic) bond motifs is 3. The van der Waals surface area contributed by atoms with Crippen LogP contribution in [0.2, 0.25) is 5.15 Å². The molecular weight excluding hydrogens is 371 g/mol. The molecule has 1 heterocycles. The number of aliphatic hydroxyl groups is 1. The number of nitrogens with one attached hydrogen (secondary N) is 2. The maximum atomic E-state index is 14.0. The molecule has 27 heavy (non-hydrogen) atoms. The highest BCUT2D eigenvalue weighted by molar-refractivity contribution is 6.29. The number of hydrogen-bond acceptors (Lipinski definition) is 5. The highest BCUT2D eigenvalue weighted by Crippen LogP contribution is 2.47. The fraction of sp³-hybridized carbons (Fsp3) is 0.684. The third-order valence-electron chi connectivity index (χ3n) is 6.03. The highest BCUT2D eigenvalue weighted by atomic mass is 35.5. The summed E-state index contributed by atoms with van der Waals surface area (Å²) in [6.07, 6.45) is 5.50. The molecule has 6 nitrogen and oxygen atoms in total. The van der Waals surface area contributed by atoms with E-state index in [0.717, 1.165) is 38.5 Å². The van der Waals surface area contributed by atoms with Gasteiger partial charge in [0, 0.05) is 17.3 Å². The summed E-state index contributed by atoms with van der Waals surface area (Å²) in [5.41, 5.74) is 5.61. The molecule has 0 aromatic carbocycles. The zero-order valence-corrected chi connectivity index (χ0v) is 16.6. The van der Waals surface area contributed by atoms with Crippen LogP contribution < -0.4 is 16.4 Å².